The summed E-state index contributed by atoms with van der Waals surface area (Å²) in [6.45, 7) is 0.982. The van der Waals surface area contributed by atoms with Gasteiger partial charge in [-0.25, -0.2) is 0 Å². The van der Waals surface area contributed by atoms with Crippen molar-refractivity contribution in [3.63, 3.8) is 0 Å². The molecule has 1 saturated heterocycles. The fourth-order valence-electron chi connectivity index (χ4n) is 1.79. The van der Waals surface area contributed by atoms with Crippen molar-refractivity contribution in [3.05, 3.63) is 24.3 Å². The Hall–Kier alpha value is -1.30. The van der Waals surface area contributed by atoms with Crippen LogP contribution < -0.4 is 11.1 Å². The van der Waals surface area contributed by atoms with Gasteiger partial charge in [0.05, 0.1) is 5.69 Å². The summed E-state index contributed by atoms with van der Waals surface area (Å²) < 4.78 is 5.18. The van der Waals surface area contributed by atoms with E-state index in [9.17, 15) is 9.90 Å². The highest BCUT2D eigenvalue weighted by Gasteiger charge is 2.36. The number of carbonyl (C=O) groups is 1. The first-order chi connectivity index (χ1) is 8.12. The zero-order valence-corrected chi connectivity index (χ0v) is 10.7. The summed E-state index contributed by atoms with van der Waals surface area (Å²) in [5.74, 6) is -0.237. The lowest BCUT2D eigenvalue weighted by molar-refractivity contribution is -0.124. The Balaban J connectivity index is 0.00000162. The number of carbonyl (C=O) groups excluding carboxylic acids is 1. The monoisotopic (exact) mass is 272 g/mol. The van der Waals surface area contributed by atoms with E-state index in [0.29, 0.717) is 31.7 Å². The molecule has 0 atom stereocenters. The number of hydrogen-bond donors (Lipinski definition) is 3. The number of nitrogens with two attached hydrogens (primary N) is 1. The maximum Gasteiger partial charge on any atom is 0.244 e. The SMILES string of the molecule is Cl.NC1(C(=O)Nc2ccccc2O)CCOCC1. The number of halogens is 1. The highest BCUT2D eigenvalue weighted by atomic mass is 35.5. The molecule has 0 unspecified atom stereocenters. The van der Waals surface area contributed by atoms with E-state index in [2.05, 4.69) is 5.32 Å². The number of phenolic OH excluding ortho intramolecular Hbond substituents is 1. The maximum atomic E-state index is 12.0. The summed E-state index contributed by atoms with van der Waals surface area (Å²) in [5, 5.41) is 12.2. The summed E-state index contributed by atoms with van der Waals surface area (Å²) in [5.41, 5.74) is 5.51. The number of hydrogen-bond acceptors (Lipinski definition) is 4. The van der Waals surface area contributed by atoms with Crippen LogP contribution in [0.5, 0.6) is 5.75 Å². The highest BCUT2D eigenvalue weighted by molar-refractivity contribution is 5.99. The smallest absolute Gasteiger partial charge is 0.244 e. The number of ether oxygens (including phenoxy) is 1. The molecular weight excluding hydrogens is 256 g/mol. The van der Waals surface area contributed by atoms with Gasteiger partial charge in [-0.15, -0.1) is 12.4 Å². The van der Waals surface area contributed by atoms with Gasteiger partial charge in [0.25, 0.3) is 0 Å². The average Bonchev–Trinajstić information content (AvgIpc) is 2.33. The number of amides is 1. The van der Waals surface area contributed by atoms with E-state index in [1.54, 1.807) is 18.2 Å². The molecule has 1 aromatic carbocycles. The van der Waals surface area contributed by atoms with E-state index in [0.717, 1.165) is 0 Å². The number of rotatable bonds is 2. The van der Waals surface area contributed by atoms with Crippen LogP contribution in [0.1, 0.15) is 12.8 Å². The minimum absolute atomic E-state index is 0. The Bertz CT molecular complexity index is 420. The minimum atomic E-state index is -0.902. The van der Waals surface area contributed by atoms with Crippen LogP contribution in [0.2, 0.25) is 0 Å². The van der Waals surface area contributed by atoms with Gasteiger partial charge in [-0.1, -0.05) is 12.1 Å². The topological polar surface area (TPSA) is 84.6 Å². The van der Waals surface area contributed by atoms with Crippen molar-refractivity contribution < 1.29 is 14.6 Å². The van der Waals surface area contributed by atoms with Crippen LogP contribution in [-0.4, -0.2) is 29.8 Å². The summed E-state index contributed by atoms with van der Waals surface area (Å²) >= 11 is 0. The number of aromatic hydroxyl groups is 1. The lowest BCUT2D eigenvalue weighted by Crippen LogP contribution is -2.54. The van der Waals surface area contributed by atoms with E-state index in [4.69, 9.17) is 10.5 Å². The second kappa shape index (κ2) is 6.04. The molecular formula is C12H17ClN2O3. The zero-order chi connectivity index (χ0) is 12.3. The highest BCUT2D eigenvalue weighted by Crippen LogP contribution is 2.25. The third-order valence-corrected chi connectivity index (χ3v) is 2.99. The van der Waals surface area contributed by atoms with Crippen LogP contribution in [-0.2, 0) is 9.53 Å². The molecule has 6 heteroatoms. The van der Waals surface area contributed by atoms with Gasteiger partial charge in [-0.05, 0) is 25.0 Å². The predicted molar refractivity (Wildman–Crippen MR) is 71.0 cm³/mol. The maximum absolute atomic E-state index is 12.0. The fourth-order valence-corrected chi connectivity index (χ4v) is 1.79. The summed E-state index contributed by atoms with van der Waals surface area (Å²) in [7, 11) is 0. The van der Waals surface area contributed by atoms with Crippen molar-refractivity contribution in [1.29, 1.82) is 0 Å². The lowest BCUT2D eigenvalue weighted by Gasteiger charge is -2.31. The van der Waals surface area contributed by atoms with E-state index >= 15 is 0 Å². The Morgan fingerprint density at radius 2 is 1.94 bits per heavy atom. The van der Waals surface area contributed by atoms with Gasteiger partial charge in [0.2, 0.25) is 5.91 Å². The number of anilines is 1. The van der Waals surface area contributed by atoms with Gasteiger partial charge < -0.3 is 20.9 Å². The zero-order valence-electron chi connectivity index (χ0n) is 9.89. The second-order valence-corrected chi connectivity index (χ2v) is 4.24. The molecule has 0 aromatic heterocycles. The van der Waals surface area contributed by atoms with Crippen molar-refractivity contribution in [2.75, 3.05) is 18.5 Å². The first-order valence-corrected chi connectivity index (χ1v) is 5.58. The van der Waals surface area contributed by atoms with Crippen LogP contribution in [0.25, 0.3) is 0 Å². The molecule has 0 radical (unpaired) electrons. The van der Waals surface area contributed by atoms with Crippen molar-refractivity contribution >= 4 is 24.0 Å². The van der Waals surface area contributed by atoms with E-state index < -0.39 is 5.54 Å². The van der Waals surface area contributed by atoms with Crippen LogP contribution in [0.15, 0.2) is 24.3 Å². The third-order valence-electron chi connectivity index (χ3n) is 2.99. The fraction of sp³-hybridized carbons (Fsp3) is 0.417. The van der Waals surface area contributed by atoms with Crippen LogP contribution in [0.3, 0.4) is 0 Å². The number of benzene rings is 1. The van der Waals surface area contributed by atoms with Crippen molar-refractivity contribution in [3.8, 4) is 5.75 Å². The Morgan fingerprint density at radius 3 is 2.56 bits per heavy atom. The molecule has 4 N–H and O–H groups in total. The first-order valence-electron chi connectivity index (χ1n) is 5.58. The summed E-state index contributed by atoms with van der Waals surface area (Å²) in [4.78, 5) is 12.0. The molecule has 1 aliphatic rings. The Morgan fingerprint density at radius 1 is 1.33 bits per heavy atom. The van der Waals surface area contributed by atoms with E-state index in [-0.39, 0.29) is 24.1 Å². The normalized spacial score (nSPS) is 17.6. The molecule has 1 amide bonds. The molecule has 1 aromatic rings. The van der Waals surface area contributed by atoms with Crippen LogP contribution >= 0.6 is 12.4 Å². The summed E-state index contributed by atoms with van der Waals surface area (Å²) in [6.07, 6.45) is 0.985. The second-order valence-electron chi connectivity index (χ2n) is 4.24. The van der Waals surface area contributed by atoms with Crippen LogP contribution in [0, 0.1) is 0 Å². The summed E-state index contributed by atoms with van der Waals surface area (Å²) in [6, 6.07) is 6.58. The standard InChI is InChI=1S/C12H16N2O3.ClH/c13-12(5-7-17-8-6-12)11(16)14-9-3-1-2-4-10(9)15;/h1-4,15H,5-8,13H2,(H,14,16);1H. The first kappa shape index (κ1) is 14.8. The molecule has 1 heterocycles. The number of phenols is 1. The number of para-hydroxylation sites is 2. The molecule has 0 spiro atoms. The molecule has 1 fully saturated rings. The van der Waals surface area contributed by atoms with Crippen molar-refractivity contribution in [2.24, 2.45) is 5.73 Å². The molecule has 5 nitrogen and oxygen atoms in total. The van der Waals surface area contributed by atoms with Gasteiger partial charge in [0.15, 0.2) is 0 Å². The van der Waals surface area contributed by atoms with Gasteiger partial charge >= 0.3 is 0 Å². The molecule has 1 aliphatic heterocycles. The molecule has 100 valence electrons. The van der Waals surface area contributed by atoms with Crippen molar-refractivity contribution in [2.45, 2.75) is 18.4 Å². The van der Waals surface area contributed by atoms with Gasteiger partial charge in [0, 0.05) is 13.2 Å². The quantitative estimate of drug-likeness (QED) is 0.708. The van der Waals surface area contributed by atoms with Crippen molar-refractivity contribution in [1.82, 2.24) is 0 Å². The Labute approximate surface area is 112 Å². The van der Waals surface area contributed by atoms with E-state index in [1.807, 2.05) is 0 Å². The van der Waals surface area contributed by atoms with Gasteiger partial charge in [0.1, 0.15) is 11.3 Å². The minimum Gasteiger partial charge on any atom is -0.506 e. The molecule has 0 bridgehead atoms. The lowest BCUT2D eigenvalue weighted by atomic mass is 9.90. The molecule has 0 saturated carbocycles. The predicted octanol–water partition coefficient (Wildman–Crippen LogP) is 1.26. The van der Waals surface area contributed by atoms with Gasteiger partial charge in [-0.3, -0.25) is 4.79 Å². The third kappa shape index (κ3) is 3.13. The average molecular weight is 273 g/mol. The Kier molecular flexibility index (Phi) is 4.95. The molecule has 0 aliphatic carbocycles. The van der Waals surface area contributed by atoms with Gasteiger partial charge in [-0.2, -0.15) is 0 Å². The van der Waals surface area contributed by atoms with E-state index in [1.165, 1.54) is 6.07 Å². The molecule has 18 heavy (non-hydrogen) atoms. The number of nitrogens with one attached hydrogen (secondary N) is 1. The van der Waals surface area contributed by atoms with Crippen LogP contribution in [0.4, 0.5) is 5.69 Å². The molecule has 2 rings (SSSR count). The largest absolute Gasteiger partial charge is 0.506 e.